The van der Waals surface area contributed by atoms with Crippen molar-refractivity contribution in [3.05, 3.63) is 29.0 Å². The first-order valence-corrected chi connectivity index (χ1v) is 4.76. The number of hydrogen-bond acceptors (Lipinski definition) is 2. The minimum atomic E-state index is -4.70. The first-order valence-electron chi connectivity index (χ1n) is 4.38. The third-order valence-electron chi connectivity index (χ3n) is 1.85. The van der Waals surface area contributed by atoms with Crippen molar-refractivity contribution in [3.8, 4) is 11.8 Å². The second-order valence-electron chi connectivity index (χ2n) is 3.11. The zero-order valence-corrected chi connectivity index (χ0v) is 9.02. The Kier molecular flexibility index (Phi) is 4.18. The molecule has 0 aliphatic heterocycles. The minimum Gasteiger partial charge on any atom is -0.489 e. The van der Waals surface area contributed by atoms with Crippen LogP contribution in [-0.2, 0) is 0 Å². The van der Waals surface area contributed by atoms with Crippen molar-refractivity contribution in [2.24, 2.45) is 5.92 Å². The molecule has 0 spiro atoms. The molecule has 1 atom stereocenters. The van der Waals surface area contributed by atoms with Gasteiger partial charge in [-0.3, -0.25) is 0 Å². The van der Waals surface area contributed by atoms with Crippen molar-refractivity contribution in [1.29, 1.82) is 5.26 Å². The van der Waals surface area contributed by atoms with Crippen molar-refractivity contribution >= 4 is 11.6 Å². The molecule has 1 aromatic carbocycles. The average Bonchev–Trinajstić information content (AvgIpc) is 2.19. The fourth-order valence-corrected chi connectivity index (χ4v) is 1.13. The summed E-state index contributed by atoms with van der Waals surface area (Å²) in [5, 5.41) is 8.39. The van der Waals surface area contributed by atoms with Gasteiger partial charge in [0.2, 0.25) is 0 Å². The summed E-state index contributed by atoms with van der Waals surface area (Å²) >= 11 is 5.45. The van der Waals surface area contributed by atoms with E-state index in [1.807, 2.05) is 0 Å². The maximum Gasteiger partial charge on any atom is 0.407 e. The monoisotopic (exact) mass is 267 g/mol. The quantitative estimate of drug-likeness (QED) is 0.785. The van der Waals surface area contributed by atoms with Gasteiger partial charge in [0.25, 0.3) is 0 Å². The van der Waals surface area contributed by atoms with Crippen LogP contribution in [0.1, 0.15) is 0 Å². The topological polar surface area (TPSA) is 33.0 Å². The van der Waals surface area contributed by atoms with Crippen LogP contribution in [-0.4, -0.2) is 12.8 Å². The Morgan fingerprint density at radius 1 is 1.41 bits per heavy atom. The molecule has 0 bridgehead atoms. The molecule has 0 radical (unpaired) electrons. The van der Waals surface area contributed by atoms with E-state index in [0.717, 1.165) is 18.2 Å². The molecule has 0 saturated carbocycles. The van der Waals surface area contributed by atoms with Crippen molar-refractivity contribution in [2.75, 3.05) is 6.61 Å². The van der Waals surface area contributed by atoms with Gasteiger partial charge in [0.1, 0.15) is 6.61 Å². The molecule has 0 N–H and O–H groups in total. The lowest BCUT2D eigenvalue weighted by atomic mass is 10.2. The molecule has 1 rings (SSSR count). The zero-order chi connectivity index (χ0) is 13.1. The van der Waals surface area contributed by atoms with Crippen molar-refractivity contribution in [2.45, 2.75) is 6.18 Å². The molecule has 0 aliphatic rings. The largest absolute Gasteiger partial charge is 0.489 e. The fraction of sp³-hybridized carbons (Fsp3) is 0.300. The SMILES string of the molecule is N#CC(COc1ccc(Cl)cc1F)C(F)(F)F. The molecule has 0 aromatic heterocycles. The molecule has 1 aromatic rings. The molecule has 2 nitrogen and oxygen atoms in total. The molecule has 7 heteroatoms. The standard InChI is InChI=1S/C10H6ClF4NO/c11-7-1-2-9(8(12)3-7)17-5-6(4-16)10(13,14)15/h1-3,6H,5H2. The smallest absolute Gasteiger partial charge is 0.407 e. The molecule has 0 heterocycles. The molecule has 92 valence electrons. The van der Waals surface area contributed by atoms with E-state index in [2.05, 4.69) is 4.74 Å². The van der Waals surface area contributed by atoms with E-state index in [-0.39, 0.29) is 10.8 Å². The zero-order valence-electron chi connectivity index (χ0n) is 8.26. The number of benzene rings is 1. The van der Waals surface area contributed by atoms with Gasteiger partial charge in [-0.1, -0.05) is 11.6 Å². The van der Waals surface area contributed by atoms with Gasteiger partial charge in [-0.05, 0) is 18.2 Å². The average molecular weight is 268 g/mol. The summed E-state index contributed by atoms with van der Waals surface area (Å²) in [5.74, 6) is -3.55. The molecule has 0 amide bonds. The third kappa shape index (κ3) is 3.79. The van der Waals surface area contributed by atoms with Gasteiger partial charge in [-0.2, -0.15) is 18.4 Å². The van der Waals surface area contributed by atoms with E-state index in [1.54, 1.807) is 0 Å². The Balaban J connectivity index is 2.71. The lowest BCUT2D eigenvalue weighted by Crippen LogP contribution is -2.27. The molecular weight excluding hydrogens is 262 g/mol. The number of alkyl halides is 3. The summed E-state index contributed by atoms with van der Waals surface area (Å²) in [6.45, 7) is -0.960. The fourth-order valence-electron chi connectivity index (χ4n) is 0.970. The lowest BCUT2D eigenvalue weighted by Gasteiger charge is -2.14. The third-order valence-corrected chi connectivity index (χ3v) is 2.09. The Morgan fingerprint density at radius 2 is 2.06 bits per heavy atom. The number of halogens is 5. The first-order chi connectivity index (χ1) is 7.84. The summed E-state index contributed by atoms with van der Waals surface area (Å²) in [6, 6.07) is 4.33. The van der Waals surface area contributed by atoms with Crippen LogP contribution in [0.2, 0.25) is 5.02 Å². The Bertz CT molecular complexity index is 441. The van der Waals surface area contributed by atoms with Gasteiger partial charge in [-0.15, -0.1) is 0 Å². The highest BCUT2D eigenvalue weighted by Gasteiger charge is 2.40. The van der Waals surface area contributed by atoms with Gasteiger partial charge in [0, 0.05) is 5.02 Å². The Hall–Kier alpha value is -1.48. The highest BCUT2D eigenvalue weighted by Crippen LogP contribution is 2.27. The van der Waals surface area contributed by atoms with Gasteiger partial charge < -0.3 is 4.74 Å². The van der Waals surface area contributed by atoms with Gasteiger partial charge in [0.05, 0.1) is 6.07 Å². The lowest BCUT2D eigenvalue weighted by molar-refractivity contribution is -0.165. The van der Waals surface area contributed by atoms with Crippen molar-refractivity contribution < 1.29 is 22.3 Å². The summed E-state index contributed by atoms with van der Waals surface area (Å²) in [5.41, 5.74) is 0. The summed E-state index contributed by atoms with van der Waals surface area (Å²) in [7, 11) is 0. The van der Waals surface area contributed by atoms with Crippen molar-refractivity contribution in [3.63, 3.8) is 0 Å². The van der Waals surface area contributed by atoms with Crippen LogP contribution in [0.4, 0.5) is 17.6 Å². The van der Waals surface area contributed by atoms with Crippen LogP contribution >= 0.6 is 11.6 Å². The number of hydrogen-bond donors (Lipinski definition) is 0. The van der Waals surface area contributed by atoms with Crippen LogP contribution < -0.4 is 4.74 Å². The van der Waals surface area contributed by atoms with E-state index >= 15 is 0 Å². The van der Waals surface area contributed by atoms with Crippen LogP contribution in [0.15, 0.2) is 18.2 Å². The highest BCUT2D eigenvalue weighted by atomic mass is 35.5. The normalized spacial score (nSPS) is 12.9. The van der Waals surface area contributed by atoms with Crippen LogP contribution in [0.3, 0.4) is 0 Å². The molecular formula is C10H6ClF4NO. The predicted molar refractivity (Wildman–Crippen MR) is 52.1 cm³/mol. The molecule has 1 unspecified atom stereocenters. The molecule has 0 saturated heterocycles. The molecule has 17 heavy (non-hydrogen) atoms. The van der Waals surface area contributed by atoms with E-state index in [9.17, 15) is 17.6 Å². The predicted octanol–water partition coefficient (Wildman–Crippen LogP) is 3.56. The van der Waals surface area contributed by atoms with Crippen LogP contribution in [0.25, 0.3) is 0 Å². The maximum absolute atomic E-state index is 13.1. The second kappa shape index (κ2) is 5.23. The first kappa shape index (κ1) is 13.6. The summed E-state index contributed by atoms with van der Waals surface area (Å²) in [4.78, 5) is 0. The molecule has 0 aliphatic carbocycles. The summed E-state index contributed by atoms with van der Waals surface area (Å²) < 4.78 is 54.2. The second-order valence-corrected chi connectivity index (χ2v) is 3.55. The Labute approximate surface area is 99.4 Å². The molecule has 0 fully saturated rings. The van der Waals surface area contributed by atoms with Crippen LogP contribution in [0.5, 0.6) is 5.75 Å². The van der Waals surface area contributed by atoms with E-state index in [0.29, 0.717) is 0 Å². The summed E-state index contributed by atoms with van der Waals surface area (Å²) in [6.07, 6.45) is -4.70. The number of rotatable bonds is 3. The minimum absolute atomic E-state index is 0.0995. The van der Waals surface area contributed by atoms with Gasteiger partial charge >= 0.3 is 6.18 Å². The number of nitrogens with zero attached hydrogens (tertiary/aromatic N) is 1. The van der Waals surface area contributed by atoms with Gasteiger partial charge in [-0.25, -0.2) is 4.39 Å². The van der Waals surface area contributed by atoms with Crippen molar-refractivity contribution in [1.82, 2.24) is 0 Å². The van der Waals surface area contributed by atoms with E-state index in [4.69, 9.17) is 16.9 Å². The Morgan fingerprint density at radius 3 is 2.53 bits per heavy atom. The van der Waals surface area contributed by atoms with E-state index in [1.165, 1.54) is 6.07 Å². The highest BCUT2D eigenvalue weighted by molar-refractivity contribution is 6.30. The van der Waals surface area contributed by atoms with Crippen LogP contribution in [0, 0.1) is 23.1 Å². The number of nitriles is 1. The number of ether oxygens (including phenoxy) is 1. The van der Waals surface area contributed by atoms with E-state index < -0.39 is 24.5 Å². The van der Waals surface area contributed by atoms with Gasteiger partial charge in [0.15, 0.2) is 17.5 Å². The maximum atomic E-state index is 13.1.